The van der Waals surface area contributed by atoms with Gasteiger partial charge in [0.15, 0.2) is 5.78 Å². The highest BCUT2D eigenvalue weighted by Gasteiger charge is 2.35. The fraction of sp³-hybridized carbons (Fsp3) is 0.615. The molecule has 0 spiro atoms. The Morgan fingerprint density at radius 2 is 2.25 bits per heavy atom. The summed E-state index contributed by atoms with van der Waals surface area (Å²) in [4.78, 5) is 11.5. The summed E-state index contributed by atoms with van der Waals surface area (Å²) < 4.78 is 0. The number of hydrogen-bond acceptors (Lipinski definition) is 3. The average molecular weight is 224 g/mol. The molecule has 2 N–H and O–H groups in total. The molecule has 0 aliphatic heterocycles. The van der Waals surface area contributed by atoms with Gasteiger partial charge in [-0.1, -0.05) is 26.0 Å². The van der Waals surface area contributed by atoms with Crippen molar-refractivity contribution in [2.75, 3.05) is 6.61 Å². The van der Waals surface area contributed by atoms with E-state index in [0.717, 1.165) is 5.57 Å². The van der Waals surface area contributed by atoms with Gasteiger partial charge in [-0.2, -0.15) is 0 Å². The van der Waals surface area contributed by atoms with Gasteiger partial charge in [0.1, 0.15) is 0 Å². The molecular weight excluding hydrogens is 204 g/mol. The van der Waals surface area contributed by atoms with Crippen molar-refractivity contribution in [3.63, 3.8) is 0 Å². The number of hydrogen-bond donors (Lipinski definition) is 2. The molecule has 3 heteroatoms. The molecule has 3 nitrogen and oxygen atoms in total. The smallest absolute Gasteiger partial charge is 0.156 e. The first-order valence-electron chi connectivity index (χ1n) is 5.57. The molecule has 2 atom stereocenters. The summed E-state index contributed by atoms with van der Waals surface area (Å²) in [6.07, 6.45) is 5.09. The summed E-state index contributed by atoms with van der Waals surface area (Å²) >= 11 is 0. The van der Waals surface area contributed by atoms with E-state index in [2.05, 4.69) is 0 Å². The lowest BCUT2D eigenvalue weighted by molar-refractivity contribution is -0.117. The molecule has 1 aliphatic carbocycles. The Morgan fingerprint density at radius 1 is 1.62 bits per heavy atom. The zero-order chi connectivity index (χ0) is 12.3. The standard InChI is InChI=1S/C13H20O3/c1-9(15)4-5-12-10(8-14)6-11(16)7-13(12,2)3/h4-6,9,12,14-15H,7-8H2,1-3H3/b5-4+/t9-,12-/m1/s1. The lowest BCUT2D eigenvalue weighted by Gasteiger charge is -2.36. The van der Waals surface area contributed by atoms with Crippen LogP contribution in [0.2, 0.25) is 0 Å². The Kier molecular flexibility index (Phi) is 4.05. The van der Waals surface area contributed by atoms with E-state index in [9.17, 15) is 15.0 Å². The third-order valence-corrected chi connectivity index (χ3v) is 2.98. The number of rotatable bonds is 3. The maximum Gasteiger partial charge on any atom is 0.156 e. The van der Waals surface area contributed by atoms with E-state index in [1.807, 2.05) is 19.9 Å². The fourth-order valence-corrected chi connectivity index (χ4v) is 2.21. The molecule has 0 bridgehead atoms. The predicted octanol–water partition coefficient (Wildman–Crippen LogP) is 1.46. The monoisotopic (exact) mass is 224 g/mol. The molecule has 16 heavy (non-hydrogen) atoms. The Bertz CT molecular complexity index is 324. The molecule has 1 rings (SSSR count). The minimum atomic E-state index is -0.506. The first-order chi connectivity index (χ1) is 7.36. The molecule has 0 amide bonds. The SMILES string of the molecule is C[C@@H](O)/C=C/[C@@H]1C(CO)=CC(=O)CC1(C)C. The van der Waals surface area contributed by atoms with Gasteiger partial charge in [-0.15, -0.1) is 0 Å². The first-order valence-corrected chi connectivity index (χ1v) is 5.57. The third-order valence-electron chi connectivity index (χ3n) is 2.98. The Morgan fingerprint density at radius 3 is 2.75 bits per heavy atom. The molecule has 1 aliphatic rings. The van der Waals surface area contributed by atoms with Gasteiger partial charge in [-0.05, 0) is 24.0 Å². The van der Waals surface area contributed by atoms with E-state index in [1.54, 1.807) is 13.0 Å². The zero-order valence-corrected chi connectivity index (χ0v) is 10.1. The number of carbonyl (C=O) groups excluding carboxylic acids is 1. The zero-order valence-electron chi connectivity index (χ0n) is 10.1. The normalized spacial score (nSPS) is 26.9. The van der Waals surface area contributed by atoms with Crippen LogP contribution in [0.25, 0.3) is 0 Å². The van der Waals surface area contributed by atoms with Crippen LogP contribution < -0.4 is 0 Å². The highest BCUT2D eigenvalue weighted by atomic mass is 16.3. The lowest BCUT2D eigenvalue weighted by atomic mass is 9.68. The number of allylic oxidation sites excluding steroid dienone is 2. The maximum absolute atomic E-state index is 11.5. The van der Waals surface area contributed by atoms with Gasteiger partial charge < -0.3 is 10.2 Å². The second kappa shape index (κ2) is 4.93. The highest BCUT2D eigenvalue weighted by Crippen LogP contribution is 2.40. The van der Waals surface area contributed by atoms with Crippen molar-refractivity contribution < 1.29 is 15.0 Å². The topological polar surface area (TPSA) is 57.5 Å². The van der Waals surface area contributed by atoms with Crippen molar-refractivity contribution in [2.45, 2.75) is 33.3 Å². The largest absolute Gasteiger partial charge is 0.392 e. The van der Waals surface area contributed by atoms with Crippen LogP contribution in [0, 0.1) is 11.3 Å². The summed E-state index contributed by atoms with van der Waals surface area (Å²) in [6.45, 7) is 5.58. The molecular formula is C13H20O3. The molecule has 0 fully saturated rings. The van der Waals surface area contributed by atoms with Gasteiger partial charge in [0.05, 0.1) is 12.7 Å². The van der Waals surface area contributed by atoms with E-state index in [4.69, 9.17) is 0 Å². The molecule has 90 valence electrons. The number of aliphatic hydroxyl groups excluding tert-OH is 2. The average Bonchev–Trinajstić information content (AvgIpc) is 2.13. The Balaban J connectivity index is 3.00. The van der Waals surface area contributed by atoms with Gasteiger partial charge in [0.25, 0.3) is 0 Å². The lowest BCUT2D eigenvalue weighted by Crippen LogP contribution is -2.32. The Labute approximate surface area is 96.5 Å². The Hall–Kier alpha value is -0.930. The minimum absolute atomic E-state index is 0.0183. The predicted molar refractivity (Wildman–Crippen MR) is 62.9 cm³/mol. The van der Waals surface area contributed by atoms with Crippen molar-refractivity contribution in [1.29, 1.82) is 0 Å². The maximum atomic E-state index is 11.5. The van der Waals surface area contributed by atoms with E-state index in [1.165, 1.54) is 6.08 Å². The van der Waals surface area contributed by atoms with Gasteiger partial charge >= 0.3 is 0 Å². The van der Waals surface area contributed by atoms with Crippen molar-refractivity contribution in [1.82, 2.24) is 0 Å². The van der Waals surface area contributed by atoms with Crippen LogP contribution in [-0.2, 0) is 4.79 Å². The molecule has 0 heterocycles. The number of carbonyl (C=O) groups is 1. The summed E-state index contributed by atoms with van der Waals surface area (Å²) in [7, 11) is 0. The molecule has 0 unspecified atom stereocenters. The quantitative estimate of drug-likeness (QED) is 0.713. The minimum Gasteiger partial charge on any atom is -0.392 e. The fourth-order valence-electron chi connectivity index (χ4n) is 2.21. The molecule has 0 aromatic heterocycles. The van der Waals surface area contributed by atoms with Crippen LogP contribution in [-0.4, -0.2) is 28.7 Å². The second-order valence-electron chi connectivity index (χ2n) is 5.11. The third kappa shape index (κ3) is 3.03. The summed E-state index contributed by atoms with van der Waals surface area (Å²) in [6, 6.07) is 0. The van der Waals surface area contributed by atoms with Crippen LogP contribution in [0.4, 0.5) is 0 Å². The van der Waals surface area contributed by atoms with E-state index >= 15 is 0 Å². The van der Waals surface area contributed by atoms with Crippen LogP contribution in [0.5, 0.6) is 0 Å². The van der Waals surface area contributed by atoms with Gasteiger partial charge in [0, 0.05) is 12.3 Å². The van der Waals surface area contributed by atoms with Crippen molar-refractivity contribution in [3.05, 3.63) is 23.8 Å². The molecule has 0 radical (unpaired) electrons. The second-order valence-corrected chi connectivity index (χ2v) is 5.11. The summed E-state index contributed by atoms with van der Waals surface area (Å²) in [5.41, 5.74) is 0.535. The molecule has 0 aromatic rings. The van der Waals surface area contributed by atoms with Crippen LogP contribution in [0.3, 0.4) is 0 Å². The van der Waals surface area contributed by atoms with Crippen LogP contribution >= 0.6 is 0 Å². The van der Waals surface area contributed by atoms with Gasteiger partial charge in [-0.3, -0.25) is 4.79 Å². The molecule has 0 saturated heterocycles. The van der Waals surface area contributed by atoms with Crippen molar-refractivity contribution in [2.24, 2.45) is 11.3 Å². The van der Waals surface area contributed by atoms with Crippen LogP contribution in [0.15, 0.2) is 23.8 Å². The van der Waals surface area contributed by atoms with E-state index in [-0.39, 0.29) is 23.7 Å². The number of ketones is 1. The van der Waals surface area contributed by atoms with E-state index in [0.29, 0.717) is 6.42 Å². The number of aliphatic hydroxyl groups is 2. The van der Waals surface area contributed by atoms with Gasteiger partial charge in [0.2, 0.25) is 0 Å². The van der Waals surface area contributed by atoms with Gasteiger partial charge in [-0.25, -0.2) is 0 Å². The molecule has 0 aromatic carbocycles. The van der Waals surface area contributed by atoms with Crippen LogP contribution in [0.1, 0.15) is 27.2 Å². The molecule has 0 saturated carbocycles. The van der Waals surface area contributed by atoms with E-state index < -0.39 is 6.10 Å². The summed E-state index contributed by atoms with van der Waals surface area (Å²) in [5.74, 6) is 0.0838. The summed E-state index contributed by atoms with van der Waals surface area (Å²) in [5, 5.41) is 18.5. The van der Waals surface area contributed by atoms with Crippen molar-refractivity contribution >= 4 is 5.78 Å². The van der Waals surface area contributed by atoms with Crippen molar-refractivity contribution in [3.8, 4) is 0 Å². The first kappa shape index (κ1) is 13.1. The highest BCUT2D eigenvalue weighted by molar-refractivity contribution is 5.92.